The topological polar surface area (TPSA) is 76.8 Å². The largest absolute Gasteiger partial charge is 0.350 e. The van der Waals surface area contributed by atoms with Gasteiger partial charge in [-0.25, -0.2) is 0 Å². The maximum Gasteiger partial charge on any atom is 0.220 e. The van der Waals surface area contributed by atoms with Gasteiger partial charge in [-0.15, -0.1) is 12.4 Å². The van der Waals surface area contributed by atoms with Gasteiger partial charge in [-0.2, -0.15) is 10.2 Å². The fraction of sp³-hybridized carbons (Fsp3) is 0.588. The fourth-order valence-corrected chi connectivity index (χ4v) is 3.20. The lowest BCUT2D eigenvalue weighted by atomic mass is 10.1. The van der Waals surface area contributed by atoms with Crippen LogP contribution in [0.3, 0.4) is 0 Å². The van der Waals surface area contributed by atoms with Gasteiger partial charge in [-0.05, 0) is 44.9 Å². The van der Waals surface area contributed by atoms with Gasteiger partial charge in [0, 0.05) is 32.3 Å². The molecule has 0 unspecified atom stereocenters. The SMILES string of the molecule is Cc1nn(C)c(C)c1CCC(=O)NCc1cc2n(n1)CCCNC2.Cl. The maximum absolute atomic E-state index is 12.1. The van der Waals surface area contributed by atoms with Gasteiger partial charge >= 0.3 is 0 Å². The number of fused-ring (bicyclic) bond motifs is 1. The van der Waals surface area contributed by atoms with Crippen LogP contribution >= 0.6 is 12.4 Å². The van der Waals surface area contributed by atoms with Crippen LogP contribution in [0.5, 0.6) is 0 Å². The van der Waals surface area contributed by atoms with Gasteiger partial charge in [0.15, 0.2) is 0 Å². The molecule has 0 atom stereocenters. The first-order valence-electron chi connectivity index (χ1n) is 8.56. The van der Waals surface area contributed by atoms with Gasteiger partial charge in [0.05, 0.1) is 23.6 Å². The number of hydrogen-bond donors (Lipinski definition) is 2. The lowest BCUT2D eigenvalue weighted by molar-refractivity contribution is -0.121. The Labute approximate surface area is 154 Å². The molecule has 0 spiro atoms. The number of aryl methyl sites for hydroxylation is 3. The molecule has 2 aromatic rings. The summed E-state index contributed by atoms with van der Waals surface area (Å²) in [5.41, 5.74) is 5.43. The predicted octanol–water partition coefficient (Wildman–Crippen LogP) is 1.40. The van der Waals surface area contributed by atoms with Gasteiger partial charge in [0.2, 0.25) is 5.91 Å². The third-order valence-corrected chi connectivity index (χ3v) is 4.67. The summed E-state index contributed by atoms with van der Waals surface area (Å²) in [7, 11) is 1.93. The summed E-state index contributed by atoms with van der Waals surface area (Å²) in [6.45, 7) is 7.34. The zero-order valence-corrected chi connectivity index (χ0v) is 15.9. The van der Waals surface area contributed by atoms with Crippen molar-refractivity contribution in [2.45, 2.75) is 52.7 Å². The quantitative estimate of drug-likeness (QED) is 0.838. The van der Waals surface area contributed by atoms with Crippen LogP contribution in [0.4, 0.5) is 0 Å². The Morgan fingerprint density at radius 1 is 1.36 bits per heavy atom. The Hall–Kier alpha value is -1.86. The van der Waals surface area contributed by atoms with Crippen molar-refractivity contribution in [2.75, 3.05) is 6.54 Å². The van der Waals surface area contributed by atoms with E-state index >= 15 is 0 Å². The highest BCUT2D eigenvalue weighted by Crippen LogP contribution is 2.14. The normalized spacial score (nSPS) is 13.7. The third kappa shape index (κ3) is 4.61. The molecule has 1 amide bonds. The number of rotatable bonds is 5. The molecule has 2 N–H and O–H groups in total. The monoisotopic (exact) mass is 366 g/mol. The van der Waals surface area contributed by atoms with E-state index in [4.69, 9.17) is 0 Å². The molecule has 25 heavy (non-hydrogen) atoms. The van der Waals surface area contributed by atoms with Gasteiger partial charge in [-0.3, -0.25) is 14.2 Å². The third-order valence-electron chi connectivity index (χ3n) is 4.67. The summed E-state index contributed by atoms with van der Waals surface area (Å²) >= 11 is 0. The van der Waals surface area contributed by atoms with Crippen LogP contribution in [0, 0.1) is 13.8 Å². The summed E-state index contributed by atoms with van der Waals surface area (Å²) < 4.78 is 3.92. The van der Waals surface area contributed by atoms with Crippen LogP contribution in [0.1, 0.15) is 41.2 Å². The number of carbonyl (C=O) groups is 1. The van der Waals surface area contributed by atoms with Gasteiger partial charge in [0.1, 0.15) is 0 Å². The summed E-state index contributed by atoms with van der Waals surface area (Å²) in [5.74, 6) is 0.0546. The first-order valence-corrected chi connectivity index (χ1v) is 8.56. The molecule has 0 fully saturated rings. The van der Waals surface area contributed by atoms with E-state index in [-0.39, 0.29) is 18.3 Å². The van der Waals surface area contributed by atoms with Crippen LogP contribution in [-0.4, -0.2) is 32.0 Å². The van der Waals surface area contributed by atoms with Crippen molar-refractivity contribution < 1.29 is 4.79 Å². The van der Waals surface area contributed by atoms with Crippen molar-refractivity contribution in [3.05, 3.63) is 34.4 Å². The number of carbonyl (C=O) groups excluding carboxylic acids is 1. The molecule has 3 rings (SSSR count). The minimum atomic E-state index is 0. The number of aromatic nitrogens is 4. The highest BCUT2D eigenvalue weighted by molar-refractivity contribution is 5.85. The lowest BCUT2D eigenvalue weighted by Crippen LogP contribution is -2.23. The smallest absolute Gasteiger partial charge is 0.220 e. The van der Waals surface area contributed by atoms with Gasteiger partial charge in [-0.1, -0.05) is 0 Å². The Morgan fingerprint density at radius 2 is 2.16 bits per heavy atom. The fourth-order valence-electron chi connectivity index (χ4n) is 3.20. The molecular weight excluding hydrogens is 340 g/mol. The molecule has 0 aromatic carbocycles. The second kappa shape index (κ2) is 8.49. The minimum absolute atomic E-state index is 0. The van der Waals surface area contributed by atoms with E-state index in [2.05, 4.69) is 26.9 Å². The van der Waals surface area contributed by atoms with E-state index in [9.17, 15) is 4.79 Å². The maximum atomic E-state index is 12.1. The summed E-state index contributed by atoms with van der Waals surface area (Å²) in [4.78, 5) is 12.1. The van der Waals surface area contributed by atoms with E-state index in [0.717, 1.165) is 49.6 Å². The van der Waals surface area contributed by atoms with Crippen molar-refractivity contribution in [2.24, 2.45) is 7.05 Å². The Morgan fingerprint density at radius 3 is 2.88 bits per heavy atom. The average Bonchev–Trinajstić information content (AvgIpc) is 2.95. The van der Waals surface area contributed by atoms with Gasteiger partial charge < -0.3 is 10.6 Å². The molecule has 0 saturated heterocycles. The molecule has 0 aliphatic carbocycles. The number of nitrogens with zero attached hydrogens (tertiary/aromatic N) is 4. The van der Waals surface area contributed by atoms with Crippen molar-refractivity contribution in [3.8, 4) is 0 Å². The molecule has 2 aromatic heterocycles. The van der Waals surface area contributed by atoms with Crippen LogP contribution < -0.4 is 10.6 Å². The minimum Gasteiger partial charge on any atom is -0.350 e. The van der Waals surface area contributed by atoms with Crippen molar-refractivity contribution in [1.29, 1.82) is 0 Å². The zero-order valence-electron chi connectivity index (χ0n) is 15.1. The number of nitrogens with one attached hydrogen (secondary N) is 2. The molecular formula is C17H27ClN6O. The van der Waals surface area contributed by atoms with Crippen LogP contribution in [-0.2, 0) is 37.9 Å². The number of hydrogen-bond acceptors (Lipinski definition) is 4. The highest BCUT2D eigenvalue weighted by atomic mass is 35.5. The second-order valence-corrected chi connectivity index (χ2v) is 6.43. The highest BCUT2D eigenvalue weighted by Gasteiger charge is 2.13. The molecule has 138 valence electrons. The first kappa shape index (κ1) is 19.5. The molecule has 0 radical (unpaired) electrons. The standard InChI is InChI=1S/C17H26N6O.ClH/c1-12-16(13(2)22(3)20-12)5-6-17(24)19-10-14-9-15-11-18-7-4-8-23(15)21-14;/h9,18H,4-8,10-11H2,1-3H3,(H,19,24);1H. The number of halogens is 1. The van der Waals surface area contributed by atoms with Crippen LogP contribution in [0.25, 0.3) is 0 Å². The average molecular weight is 367 g/mol. The number of amides is 1. The molecule has 8 heteroatoms. The lowest BCUT2D eigenvalue weighted by Gasteiger charge is -2.04. The molecule has 3 heterocycles. The van der Waals surface area contributed by atoms with E-state index < -0.39 is 0 Å². The molecule has 7 nitrogen and oxygen atoms in total. The van der Waals surface area contributed by atoms with Gasteiger partial charge in [0.25, 0.3) is 0 Å². The Balaban J connectivity index is 0.00000225. The van der Waals surface area contributed by atoms with Crippen LogP contribution in [0.2, 0.25) is 0 Å². The molecule has 0 bridgehead atoms. The first-order chi connectivity index (χ1) is 11.5. The van der Waals surface area contributed by atoms with Crippen molar-refractivity contribution >= 4 is 18.3 Å². The summed E-state index contributed by atoms with van der Waals surface area (Å²) in [6, 6.07) is 2.08. The van der Waals surface area contributed by atoms with E-state index in [1.807, 2.05) is 30.3 Å². The van der Waals surface area contributed by atoms with Crippen molar-refractivity contribution in [3.63, 3.8) is 0 Å². The molecule has 0 saturated carbocycles. The predicted molar refractivity (Wildman–Crippen MR) is 98.6 cm³/mol. The second-order valence-electron chi connectivity index (χ2n) is 6.43. The summed E-state index contributed by atoms with van der Waals surface area (Å²) in [5, 5.41) is 15.3. The molecule has 1 aliphatic heterocycles. The van der Waals surface area contributed by atoms with Crippen LogP contribution in [0.15, 0.2) is 6.07 Å². The van der Waals surface area contributed by atoms with Crippen molar-refractivity contribution in [1.82, 2.24) is 30.2 Å². The molecule has 1 aliphatic rings. The Kier molecular flexibility index (Phi) is 6.61. The van der Waals surface area contributed by atoms with E-state index in [0.29, 0.717) is 13.0 Å². The zero-order chi connectivity index (χ0) is 17.1. The Bertz CT molecular complexity index is 712. The van der Waals surface area contributed by atoms with E-state index in [1.165, 1.54) is 11.3 Å². The summed E-state index contributed by atoms with van der Waals surface area (Å²) in [6.07, 6.45) is 2.29. The van der Waals surface area contributed by atoms with E-state index in [1.54, 1.807) is 0 Å².